The number of benzene rings is 2. The van der Waals surface area contributed by atoms with E-state index in [0.717, 1.165) is 48.7 Å². The molecule has 1 aliphatic heterocycles. The van der Waals surface area contributed by atoms with Gasteiger partial charge in [-0.3, -0.25) is 0 Å². The smallest absolute Gasteiger partial charge is 0.229 e. The van der Waals surface area contributed by atoms with E-state index < -0.39 is 0 Å². The van der Waals surface area contributed by atoms with Gasteiger partial charge in [0.15, 0.2) is 0 Å². The van der Waals surface area contributed by atoms with E-state index in [2.05, 4.69) is 41.4 Å². The Morgan fingerprint density at radius 3 is 2.37 bits per heavy atom. The standard InChI is InChI=1S/C22H24N4O/c1-16-7-9-18(10-8-16)23-22-24-20(17-5-3-2-4-6-17)15-21(25-22)26-13-11-19(27)12-14-26/h2-10,15,19,27H,11-14H2,1H3,(H,23,24,25). The van der Waals surface area contributed by atoms with Crippen molar-refractivity contribution in [1.82, 2.24) is 9.97 Å². The van der Waals surface area contributed by atoms with E-state index >= 15 is 0 Å². The Morgan fingerprint density at radius 1 is 0.963 bits per heavy atom. The predicted molar refractivity (Wildman–Crippen MR) is 109 cm³/mol. The van der Waals surface area contributed by atoms with Gasteiger partial charge in [0.25, 0.3) is 0 Å². The third-order valence-corrected chi connectivity index (χ3v) is 4.88. The van der Waals surface area contributed by atoms with Gasteiger partial charge in [-0.25, -0.2) is 4.98 Å². The van der Waals surface area contributed by atoms with Gasteiger partial charge in [-0.2, -0.15) is 4.98 Å². The average molecular weight is 360 g/mol. The summed E-state index contributed by atoms with van der Waals surface area (Å²) in [5, 5.41) is 13.1. The van der Waals surface area contributed by atoms with Gasteiger partial charge in [-0.15, -0.1) is 0 Å². The number of rotatable bonds is 4. The van der Waals surface area contributed by atoms with Gasteiger partial charge in [-0.1, -0.05) is 48.0 Å². The van der Waals surface area contributed by atoms with Crippen molar-refractivity contribution in [3.05, 3.63) is 66.2 Å². The fourth-order valence-corrected chi connectivity index (χ4v) is 3.27. The van der Waals surface area contributed by atoms with Crippen molar-refractivity contribution in [1.29, 1.82) is 0 Å². The normalized spacial score (nSPS) is 15.0. The van der Waals surface area contributed by atoms with Gasteiger partial charge in [0.05, 0.1) is 11.8 Å². The van der Waals surface area contributed by atoms with E-state index in [-0.39, 0.29) is 6.10 Å². The third kappa shape index (κ3) is 4.26. The number of nitrogens with one attached hydrogen (secondary N) is 1. The molecular formula is C22H24N4O. The lowest BCUT2D eigenvalue weighted by molar-refractivity contribution is 0.145. The Morgan fingerprint density at radius 2 is 1.67 bits per heavy atom. The fourth-order valence-electron chi connectivity index (χ4n) is 3.27. The minimum atomic E-state index is -0.207. The quantitative estimate of drug-likeness (QED) is 0.732. The maximum absolute atomic E-state index is 9.81. The molecule has 0 aliphatic carbocycles. The first-order chi connectivity index (χ1) is 13.2. The molecule has 0 radical (unpaired) electrons. The van der Waals surface area contributed by atoms with Crippen LogP contribution in [-0.2, 0) is 0 Å². The zero-order chi connectivity index (χ0) is 18.6. The van der Waals surface area contributed by atoms with E-state index in [1.807, 2.05) is 36.4 Å². The molecule has 1 fully saturated rings. The SMILES string of the molecule is Cc1ccc(Nc2nc(-c3ccccc3)cc(N3CCC(O)CC3)n2)cc1. The Hall–Kier alpha value is -2.92. The van der Waals surface area contributed by atoms with Crippen LogP contribution in [0.1, 0.15) is 18.4 Å². The molecule has 0 unspecified atom stereocenters. The lowest BCUT2D eigenvalue weighted by Gasteiger charge is -2.30. The number of anilines is 3. The van der Waals surface area contributed by atoms with Crippen LogP contribution in [0.15, 0.2) is 60.7 Å². The molecule has 5 heteroatoms. The molecule has 2 aromatic carbocycles. The molecule has 27 heavy (non-hydrogen) atoms. The highest BCUT2D eigenvalue weighted by Crippen LogP contribution is 2.26. The maximum Gasteiger partial charge on any atom is 0.229 e. The Kier molecular flexibility index (Phi) is 5.03. The molecule has 4 rings (SSSR count). The Labute approximate surface area is 159 Å². The largest absolute Gasteiger partial charge is 0.393 e. The van der Waals surface area contributed by atoms with Crippen LogP contribution < -0.4 is 10.2 Å². The van der Waals surface area contributed by atoms with E-state index in [4.69, 9.17) is 9.97 Å². The summed E-state index contributed by atoms with van der Waals surface area (Å²) >= 11 is 0. The first-order valence-corrected chi connectivity index (χ1v) is 9.38. The molecule has 138 valence electrons. The second kappa shape index (κ2) is 7.76. The van der Waals surface area contributed by atoms with Gasteiger partial charge in [-0.05, 0) is 31.9 Å². The topological polar surface area (TPSA) is 61.3 Å². The van der Waals surface area contributed by atoms with Crippen molar-refractivity contribution in [2.75, 3.05) is 23.3 Å². The first kappa shape index (κ1) is 17.5. The van der Waals surface area contributed by atoms with Crippen LogP contribution in [0.4, 0.5) is 17.5 Å². The van der Waals surface area contributed by atoms with Gasteiger partial charge < -0.3 is 15.3 Å². The highest BCUT2D eigenvalue weighted by Gasteiger charge is 2.19. The first-order valence-electron chi connectivity index (χ1n) is 9.38. The number of aliphatic hydroxyl groups excluding tert-OH is 1. The molecule has 1 aromatic heterocycles. The highest BCUT2D eigenvalue weighted by molar-refractivity contribution is 5.66. The van der Waals surface area contributed by atoms with Crippen molar-refractivity contribution < 1.29 is 5.11 Å². The number of piperidine rings is 1. The second-order valence-corrected chi connectivity index (χ2v) is 7.01. The van der Waals surface area contributed by atoms with E-state index in [1.54, 1.807) is 0 Å². The molecule has 2 N–H and O–H groups in total. The van der Waals surface area contributed by atoms with Crippen LogP contribution in [0, 0.1) is 6.92 Å². The highest BCUT2D eigenvalue weighted by atomic mass is 16.3. The molecule has 0 bridgehead atoms. The van der Waals surface area contributed by atoms with Gasteiger partial charge in [0.1, 0.15) is 5.82 Å². The number of nitrogens with zero attached hydrogens (tertiary/aromatic N) is 3. The number of aromatic nitrogens is 2. The Balaban J connectivity index is 1.69. The summed E-state index contributed by atoms with van der Waals surface area (Å²) in [7, 11) is 0. The van der Waals surface area contributed by atoms with E-state index in [1.165, 1.54) is 5.56 Å². The van der Waals surface area contributed by atoms with E-state index in [0.29, 0.717) is 5.95 Å². The summed E-state index contributed by atoms with van der Waals surface area (Å²) in [6, 6.07) is 20.4. The van der Waals surface area contributed by atoms with Crippen LogP contribution in [0.25, 0.3) is 11.3 Å². The zero-order valence-corrected chi connectivity index (χ0v) is 15.5. The van der Waals surface area contributed by atoms with E-state index in [9.17, 15) is 5.11 Å². The van der Waals surface area contributed by atoms with Crippen molar-refractivity contribution in [3.8, 4) is 11.3 Å². The summed E-state index contributed by atoms with van der Waals surface area (Å²) in [6.07, 6.45) is 1.33. The summed E-state index contributed by atoms with van der Waals surface area (Å²) < 4.78 is 0. The number of hydrogen-bond acceptors (Lipinski definition) is 5. The maximum atomic E-state index is 9.81. The monoisotopic (exact) mass is 360 g/mol. The van der Waals surface area contributed by atoms with Crippen LogP contribution in [0.2, 0.25) is 0 Å². The molecule has 5 nitrogen and oxygen atoms in total. The minimum absolute atomic E-state index is 0.207. The van der Waals surface area contributed by atoms with Crippen molar-refractivity contribution >= 4 is 17.5 Å². The van der Waals surface area contributed by atoms with Crippen LogP contribution >= 0.6 is 0 Å². The lowest BCUT2D eigenvalue weighted by atomic mass is 10.1. The molecule has 0 spiro atoms. The third-order valence-electron chi connectivity index (χ3n) is 4.88. The molecule has 2 heterocycles. The Bertz CT molecular complexity index is 888. The van der Waals surface area contributed by atoms with Crippen molar-refractivity contribution in [2.45, 2.75) is 25.9 Å². The summed E-state index contributed by atoms with van der Waals surface area (Å²) in [6.45, 7) is 3.67. The summed E-state index contributed by atoms with van der Waals surface area (Å²) in [5.41, 5.74) is 4.13. The summed E-state index contributed by atoms with van der Waals surface area (Å²) in [4.78, 5) is 11.7. The molecule has 0 amide bonds. The predicted octanol–water partition coefficient (Wildman–Crippen LogP) is 4.16. The van der Waals surface area contributed by atoms with Crippen LogP contribution in [0.5, 0.6) is 0 Å². The van der Waals surface area contributed by atoms with Gasteiger partial charge >= 0.3 is 0 Å². The lowest BCUT2D eigenvalue weighted by Crippen LogP contribution is -2.36. The number of aryl methyl sites for hydroxylation is 1. The van der Waals surface area contributed by atoms with Crippen LogP contribution in [0.3, 0.4) is 0 Å². The number of aliphatic hydroxyl groups is 1. The molecule has 1 saturated heterocycles. The zero-order valence-electron chi connectivity index (χ0n) is 15.5. The van der Waals surface area contributed by atoms with Gasteiger partial charge in [0, 0.05) is 30.4 Å². The van der Waals surface area contributed by atoms with Crippen molar-refractivity contribution in [3.63, 3.8) is 0 Å². The van der Waals surface area contributed by atoms with Crippen LogP contribution in [-0.4, -0.2) is 34.3 Å². The van der Waals surface area contributed by atoms with Gasteiger partial charge in [0.2, 0.25) is 5.95 Å². The molecular weight excluding hydrogens is 336 g/mol. The second-order valence-electron chi connectivity index (χ2n) is 7.01. The molecule has 1 aliphatic rings. The summed E-state index contributed by atoms with van der Waals surface area (Å²) in [5.74, 6) is 1.48. The fraction of sp³-hybridized carbons (Fsp3) is 0.273. The molecule has 3 aromatic rings. The average Bonchev–Trinajstić information content (AvgIpc) is 2.71. The number of hydrogen-bond donors (Lipinski definition) is 2. The molecule has 0 atom stereocenters. The van der Waals surface area contributed by atoms with Crippen molar-refractivity contribution in [2.24, 2.45) is 0 Å². The molecule has 0 saturated carbocycles. The minimum Gasteiger partial charge on any atom is -0.393 e.